The normalized spacial score (nSPS) is 18.5. The summed E-state index contributed by atoms with van der Waals surface area (Å²) in [6.07, 6.45) is 0.887. The number of para-hydroxylation sites is 2. The van der Waals surface area contributed by atoms with Crippen molar-refractivity contribution in [3.8, 4) is 11.5 Å². The minimum Gasteiger partial charge on any atom is -0.486 e. The third kappa shape index (κ3) is 3.39. The molecule has 2 aromatic rings. The smallest absolute Gasteiger partial charge is 0.322 e. The molecule has 2 heterocycles. The summed E-state index contributed by atoms with van der Waals surface area (Å²) in [5, 5.41) is 3.04. The molecule has 2 amide bonds. The number of carbonyl (C=O) groups is 1. The van der Waals surface area contributed by atoms with Gasteiger partial charge in [-0.2, -0.15) is 0 Å². The maximum atomic E-state index is 13.2. The van der Waals surface area contributed by atoms with Gasteiger partial charge in [-0.25, -0.2) is 4.79 Å². The number of benzene rings is 2. The van der Waals surface area contributed by atoms with Crippen molar-refractivity contribution in [2.75, 3.05) is 37.0 Å². The van der Waals surface area contributed by atoms with E-state index in [4.69, 9.17) is 9.47 Å². The summed E-state index contributed by atoms with van der Waals surface area (Å²) in [5.74, 6) is 1.28. The summed E-state index contributed by atoms with van der Waals surface area (Å²) in [7, 11) is 2.08. The van der Waals surface area contributed by atoms with Crippen LogP contribution < -0.4 is 19.7 Å². The number of nitrogens with zero attached hydrogens (tertiary/aromatic N) is 2. The third-order valence-electron chi connectivity index (χ3n) is 5.21. The zero-order chi connectivity index (χ0) is 18.8. The summed E-state index contributed by atoms with van der Waals surface area (Å²) in [5.41, 5.74) is 2.98. The van der Waals surface area contributed by atoms with E-state index >= 15 is 0 Å². The minimum atomic E-state index is -0.116. The molecule has 1 unspecified atom stereocenters. The van der Waals surface area contributed by atoms with Gasteiger partial charge in [-0.1, -0.05) is 31.2 Å². The Labute approximate surface area is 159 Å². The number of urea groups is 1. The van der Waals surface area contributed by atoms with E-state index in [1.54, 1.807) is 0 Å². The molecule has 0 aromatic heterocycles. The number of hydrogen-bond acceptors (Lipinski definition) is 4. The lowest BCUT2D eigenvalue weighted by molar-refractivity contribution is 0.171. The highest BCUT2D eigenvalue weighted by Gasteiger charge is 2.29. The van der Waals surface area contributed by atoms with Crippen LogP contribution in [0.4, 0.5) is 16.2 Å². The average molecular weight is 367 g/mol. The fourth-order valence-corrected chi connectivity index (χ4v) is 3.79. The molecular weight excluding hydrogens is 342 g/mol. The third-order valence-corrected chi connectivity index (χ3v) is 5.21. The first-order valence-electron chi connectivity index (χ1n) is 9.42. The molecule has 1 N–H and O–H groups in total. The van der Waals surface area contributed by atoms with Crippen LogP contribution in [0.5, 0.6) is 11.5 Å². The quantitative estimate of drug-likeness (QED) is 0.879. The van der Waals surface area contributed by atoms with Gasteiger partial charge in [0.15, 0.2) is 11.5 Å². The molecule has 0 spiro atoms. The van der Waals surface area contributed by atoms with Crippen LogP contribution in [0.2, 0.25) is 0 Å². The predicted molar refractivity (Wildman–Crippen MR) is 106 cm³/mol. The standard InChI is InChI=1S/C21H25N3O3/c1-3-16-14-23(2)18-9-5-4-7-15(18)13-24(16)21(25)22-17-8-6-10-19-20(17)27-12-11-26-19/h4-10,16H,3,11-14H2,1-2H3,(H,22,25). The molecular formula is C21H25N3O3. The molecule has 0 fully saturated rings. The van der Waals surface area contributed by atoms with Crippen molar-refractivity contribution in [3.63, 3.8) is 0 Å². The Morgan fingerprint density at radius 1 is 1.15 bits per heavy atom. The second kappa shape index (κ2) is 7.39. The molecule has 27 heavy (non-hydrogen) atoms. The Morgan fingerprint density at radius 2 is 1.96 bits per heavy atom. The molecule has 1 atom stereocenters. The van der Waals surface area contributed by atoms with Gasteiger partial charge in [-0.3, -0.25) is 0 Å². The van der Waals surface area contributed by atoms with Gasteiger partial charge in [0, 0.05) is 25.8 Å². The second-order valence-corrected chi connectivity index (χ2v) is 6.96. The number of nitrogens with one attached hydrogen (secondary N) is 1. The molecule has 0 bridgehead atoms. The van der Waals surface area contributed by atoms with Gasteiger partial charge in [0.1, 0.15) is 13.2 Å². The molecule has 6 nitrogen and oxygen atoms in total. The van der Waals surface area contributed by atoms with E-state index in [1.807, 2.05) is 35.2 Å². The first-order valence-corrected chi connectivity index (χ1v) is 9.42. The number of hydrogen-bond donors (Lipinski definition) is 1. The van der Waals surface area contributed by atoms with Crippen LogP contribution in [0.3, 0.4) is 0 Å². The minimum absolute atomic E-state index is 0.116. The van der Waals surface area contributed by atoms with Crippen molar-refractivity contribution in [1.82, 2.24) is 4.90 Å². The lowest BCUT2D eigenvalue weighted by Gasteiger charge is -2.31. The van der Waals surface area contributed by atoms with Crippen molar-refractivity contribution in [3.05, 3.63) is 48.0 Å². The Hall–Kier alpha value is -2.89. The highest BCUT2D eigenvalue weighted by atomic mass is 16.6. The van der Waals surface area contributed by atoms with Crippen LogP contribution in [-0.2, 0) is 6.54 Å². The van der Waals surface area contributed by atoms with E-state index in [0.717, 1.165) is 18.5 Å². The molecule has 6 heteroatoms. The van der Waals surface area contributed by atoms with Gasteiger partial charge < -0.3 is 24.6 Å². The van der Waals surface area contributed by atoms with Gasteiger partial charge in [0.25, 0.3) is 0 Å². The number of rotatable bonds is 2. The van der Waals surface area contributed by atoms with E-state index in [-0.39, 0.29) is 12.1 Å². The number of likely N-dealkylation sites (N-methyl/N-ethyl adjacent to an activating group) is 1. The van der Waals surface area contributed by atoms with Crippen molar-refractivity contribution >= 4 is 17.4 Å². The monoisotopic (exact) mass is 367 g/mol. The maximum Gasteiger partial charge on any atom is 0.322 e. The molecule has 2 aliphatic heterocycles. The Kier molecular flexibility index (Phi) is 4.79. The largest absolute Gasteiger partial charge is 0.486 e. The Morgan fingerprint density at radius 3 is 2.81 bits per heavy atom. The lowest BCUT2D eigenvalue weighted by Crippen LogP contribution is -2.45. The number of anilines is 2. The van der Waals surface area contributed by atoms with E-state index in [2.05, 4.69) is 36.3 Å². The summed E-state index contributed by atoms with van der Waals surface area (Å²) in [4.78, 5) is 17.3. The van der Waals surface area contributed by atoms with Crippen LogP contribution in [0.1, 0.15) is 18.9 Å². The van der Waals surface area contributed by atoms with Crippen molar-refractivity contribution in [1.29, 1.82) is 0 Å². The topological polar surface area (TPSA) is 54.0 Å². The Bertz CT molecular complexity index is 839. The summed E-state index contributed by atoms with van der Waals surface area (Å²) >= 11 is 0. The summed E-state index contributed by atoms with van der Waals surface area (Å²) < 4.78 is 11.3. The highest BCUT2D eigenvalue weighted by molar-refractivity contribution is 5.92. The highest BCUT2D eigenvalue weighted by Crippen LogP contribution is 2.37. The fourth-order valence-electron chi connectivity index (χ4n) is 3.79. The zero-order valence-corrected chi connectivity index (χ0v) is 15.8. The van der Waals surface area contributed by atoms with Gasteiger partial charge in [-0.05, 0) is 30.2 Å². The van der Waals surface area contributed by atoms with Crippen LogP contribution in [0, 0.1) is 0 Å². The van der Waals surface area contributed by atoms with Crippen LogP contribution >= 0.6 is 0 Å². The second-order valence-electron chi connectivity index (χ2n) is 6.96. The molecule has 0 aliphatic carbocycles. The predicted octanol–water partition coefficient (Wildman–Crippen LogP) is 3.72. The first-order chi connectivity index (χ1) is 13.2. The van der Waals surface area contributed by atoms with E-state index in [1.165, 1.54) is 5.69 Å². The molecule has 2 aromatic carbocycles. The van der Waals surface area contributed by atoms with Crippen LogP contribution in [0.15, 0.2) is 42.5 Å². The van der Waals surface area contributed by atoms with Gasteiger partial charge in [0.2, 0.25) is 0 Å². The molecule has 2 aliphatic rings. The first kappa shape index (κ1) is 17.5. The average Bonchev–Trinajstić information content (AvgIpc) is 2.85. The fraction of sp³-hybridized carbons (Fsp3) is 0.381. The Balaban J connectivity index is 1.61. The number of fused-ring (bicyclic) bond motifs is 2. The summed E-state index contributed by atoms with van der Waals surface area (Å²) in [6, 6.07) is 13.8. The van der Waals surface area contributed by atoms with Crippen LogP contribution in [-0.4, -0.2) is 43.8 Å². The summed E-state index contributed by atoms with van der Waals surface area (Å²) in [6.45, 7) is 4.51. The maximum absolute atomic E-state index is 13.2. The van der Waals surface area contributed by atoms with Gasteiger partial charge in [-0.15, -0.1) is 0 Å². The zero-order valence-electron chi connectivity index (χ0n) is 15.8. The number of ether oxygens (including phenoxy) is 2. The van der Waals surface area contributed by atoms with E-state index in [0.29, 0.717) is 36.9 Å². The molecule has 142 valence electrons. The molecule has 4 rings (SSSR count). The SMILES string of the molecule is CCC1CN(C)c2ccccc2CN1C(=O)Nc1cccc2c1OCCO2. The van der Waals surface area contributed by atoms with Crippen molar-refractivity contribution in [2.24, 2.45) is 0 Å². The van der Waals surface area contributed by atoms with Gasteiger partial charge in [0.05, 0.1) is 11.7 Å². The molecule has 0 radical (unpaired) electrons. The van der Waals surface area contributed by atoms with Crippen molar-refractivity contribution in [2.45, 2.75) is 25.9 Å². The number of amides is 2. The van der Waals surface area contributed by atoms with Gasteiger partial charge >= 0.3 is 6.03 Å². The molecule has 0 saturated heterocycles. The van der Waals surface area contributed by atoms with E-state index in [9.17, 15) is 4.79 Å². The van der Waals surface area contributed by atoms with Crippen LogP contribution in [0.25, 0.3) is 0 Å². The molecule has 0 saturated carbocycles. The van der Waals surface area contributed by atoms with E-state index < -0.39 is 0 Å². The van der Waals surface area contributed by atoms with Crippen molar-refractivity contribution < 1.29 is 14.3 Å². The lowest BCUT2D eigenvalue weighted by atomic mass is 10.1. The number of carbonyl (C=O) groups excluding carboxylic acids is 1.